The van der Waals surface area contributed by atoms with E-state index in [0.717, 1.165) is 18.3 Å². The molecule has 0 spiro atoms. The van der Waals surface area contributed by atoms with Gasteiger partial charge in [-0.05, 0) is 30.5 Å². The van der Waals surface area contributed by atoms with Crippen molar-refractivity contribution in [3.05, 3.63) is 29.8 Å². The molecular weight excluding hydrogens is 202 g/mol. The second-order valence-electron chi connectivity index (χ2n) is 3.80. The third kappa shape index (κ3) is 3.62. The van der Waals surface area contributed by atoms with Gasteiger partial charge in [0.05, 0.1) is 5.75 Å². The van der Waals surface area contributed by atoms with Crippen LogP contribution in [-0.4, -0.2) is 11.8 Å². The summed E-state index contributed by atoms with van der Waals surface area (Å²) in [5.41, 5.74) is 1.35. The van der Waals surface area contributed by atoms with Crippen LogP contribution in [-0.2, 0) is 6.54 Å². The van der Waals surface area contributed by atoms with Crippen LogP contribution in [0.3, 0.4) is 0 Å². The quantitative estimate of drug-likeness (QED) is 0.601. The predicted octanol–water partition coefficient (Wildman–Crippen LogP) is 2.66. The highest BCUT2D eigenvalue weighted by atomic mass is 32.2. The highest BCUT2D eigenvalue weighted by Crippen LogP contribution is 2.21. The van der Waals surface area contributed by atoms with Crippen LogP contribution >= 0.6 is 11.8 Å². The van der Waals surface area contributed by atoms with Gasteiger partial charge >= 0.3 is 0 Å². The molecule has 1 aliphatic carbocycles. The van der Waals surface area contributed by atoms with Crippen molar-refractivity contribution < 1.29 is 0 Å². The van der Waals surface area contributed by atoms with Crippen molar-refractivity contribution in [1.82, 2.24) is 5.32 Å². The van der Waals surface area contributed by atoms with Gasteiger partial charge < -0.3 is 5.32 Å². The maximum absolute atomic E-state index is 5.24. The first kappa shape index (κ1) is 10.6. The van der Waals surface area contributed by atoms with Crippen molar-refractivity contribution in [3.63, 3.8) is 0 Å². The standard InChI is InChI=1S/C13H15NS/c1-2-8-15-13-5-3-4-11(9-13)10-14-12-6-7-12/h1,3-5,9,12,14H,6-8,10H2. The van der Waals surface area contributed by atoms with Gasteiger partial charge in [-0.1, -0.05) is 18.1 Å². The number of nitrogens with one attached hydrogen (secondary N) is 1. The van der Waals surface area contributed by atoms with Gasteiger partial charge in [-0.2, -0.15) is 0 Å². The fraction of sp³-hybridized carbons (Fsp3) is 0.385. The van der Waals surface area contributed by atoms with Gasteiger partial charge in [-0.15, -0.1) is 18.2 Å². The van der Waals surface area contributed by atoms with E-state index in [-0.39, 0.29) is 0 Å². The third-order valence-electron chi connectivity index (χ3n) is 2.39. The molecule has 1 fully saturated rings. The predicted molar refractivity (Wildman–Crippen MR) is 65.9 cm³/mol. The van der Waals surface area contributed by atoms with E-state index in [1.807, 2.05) is 0 Å². The average molecular weight is 217 g/mol. The minimum atomic E-state index is 0.750. The monoisotopic (exact) mass is 217 g/mol. The van der Waals surface area contributed by atoms with Crippen LogP contribution in [0.25, 0.3) is 0 Å². The second-order valence-corrected chi connectivity index (χ2v) is 4.84. The first-order chi connectivity index (χ1) is 7.38. The molecule has 0 aliphatic heterocycles. The third-order valence-corrected chi connectivity index (χ3v) is 3.29. The van der Waals surface area contributed by atoms with Crippen molar-refractivity contribution in [3.8, 4) is 12.3 Å². The minimum absolute atomic E-state index is 0.750. The molecule has 0 atom stereocenters. The highest BCUT2D eigenvalue weighted by Gasteiger charge is 2.19. The molecule has 0 unspecified atom stereocenters. The van der Waals surface area contributed by atoms with Gasteiger partial charge in [0.15, 0.2) is 0 Å². The zero-order valence-corrected chi connectivity index (χ0v) is 9.52. The summed E-state index contributed by atoms with van der Waals surface area (Å²) in [5, 5.41) is 3.51. The van der Waals surface area contributed by atoms with Crippen LogP contribution in [0.4, 0.5) is 0 Å². The Morgan fingerprint density at radius 3 is 3.07 bits per heavy atom. The lowest BCUT2D eigenvalue weighted by molar-refractivity contribution is 0.687. The summed E-state index contributed by atoms with van der Waals surface area (Å²) in [6.45, 7) is 0.981. The summed E-state index contributed by atoms with van der Waals surface area (Å²) in [6, 6.07) is 9.37. The largest absolute Gasteiger partial charge is 0.310 e. The normalized spacial score (nSPS) is 14.9. The first-order valence-corrected chi connectivity index (χ1v) is 6.25. The average Bonchev–Trinajstić information content (AvgIpc) is 3.08. The van der Waals surface area contributed by atoms with E-state index in [0.29, 0.717) is 0 Å². The maximum Gasteiger partial charge on any atom is 0.0592 e. The van der Waals surface area contributed by atoms with Crippen molar-refractivity contribution in [2.75, 3.05) is 5.75 Å². The van der Waals surface area contributed by atoms with Gasteiger partial charge in [-0.3, -0.25) is 0 Å². The maximum atomic E-state index is 5.24. The van der Waals surface area contributed by atoms with Gasteiger partial charge in [0.25, 0.3) is 0 Å². The van der Waals surface area contributed by atoms with Crippen LogP contribution in [0, 0.1) is 12.3 Å². The van der Waals surface area contributed by atoms with E-state index in [1.54, 1.807) is 11.8 Å². The second kappa shape index (κ2) is 5.25. The van der Waals surface area contributed by atoms with Crippen molar-refractivity contribution in [2.24, 2.45) is 0 Å². The fourth-order valence-corrected chi connectivity index (χ4v) is 2.08. The molecule has 0 radical (unpaired) electrons. The molecular formula is C13H15NS. The Kier molecular flexibility index (Phi) is 3.71. The molecule has 78 valence electrons. The summed E-state index contributed by atoms with van der Waals surface area (Å²) < 4.78 is 0. The van der Waals surface area contributed by atoms with Gasteiger partial charge in [0, 0.05) is 17.5 Å². The number of terminal acetylenes is 1. The Balaban J connectivity index is 1.89. The molecule has 0 heterocycles. The van der Waals surface area contributed by atoms with Gasteiger partial charge in [0.2, 0.25) is 0 Å². The topological polar surface area (TPSA) is 12.0 Å². The molecule has 2 rings (SSSR count). The first-order valence-electron chi connectivity index (χ1n) is 5.27. The van der Waals surface area contributed by atoms with E-state index in [2.05, 4.69) is 35.5 Å². The number of hydrogen-bond donors (Lipinski definition) is 1. The molecule has 1 aliphatic rings. The SMILES string of the molecule is C#CCSc1cccc(CNC2CC2)c1. The Labute approximate surface area is 95.7 Å². The number of rotatable bonds is 5. The summed E-state index contributed by atoms with van der Waals surface area (Å²) in [7, 11) is 0. The number of thioether (sulfide) groups is 1. The number of benzene rings is 1. The molecule has 1 aromatic carbocycles. The molecule has 1 N–H and O–H groups in total. The van der Waals surface area contributed by atoms with E-state index in [9.17, 15) is 0 Å². The van der Waals surface area contributed by atoms with Crippen LogP contribution in [0.1, 0.15) is 18.4 Å². The lowest BCUT2D eigenvalue weighted by Gasteiger charge is -2.04. The number of hydrogen-bond acceptors (Lipinski definition) is 2. The smallest absolute Gasteiger partial charge is 0.0592 e. The van der Waals surface area contributed by atoms with Gasteiger partial charge in [0.1, 0.15) is 0 Å². The van der Waals surface area contributed by atoms with Crippen molar-refractivity contribution in [1.29, 1.82) is 0 Å². The lowest BCUT2D eigenvalue weighted by Crippen LogP contribution is -2.15. The Bertz CT molecular complexity index is 363. The van der Waals surface area contributed by atoms with Gasteiger partial charge in [-0.25, -0.2) is 0 Å². The summed E-state index contributed by atoms with van der Waals surface area (Å²) in [4.78, 5) is 1.27. The molecule has 15 heavy (non-hydrogen) atoms. The lowest BCUT2D eigenvalue weighted by atomic mass is 10.2. The van der Waals surface area contributed by atoms with Crippen molar-refractivity contribution in [2.45, 2.75) is 30.3 Å². The van der Waals surface area contributed by atoms with Crippen molar-refractivity contribution >= 4 is 11.8 Å². The van der Waals surface area contributed by atoms with E-state index in [1.165, 1.54) is 23.3 Å². The van der Waals surface area contributed by atoms with E-state index < -0.39 is 0 Å². The molecule has 0 bridgehead atoms. The molecule has 0 saturated heterocycles. The highest BCUT2D eigenvalue weighted by molar-refractivity contribution is 7.99. The van der Waals surface area contributed by atoms with E-state index >= 15 is 0 Å². The molecule has 0 aromatic heterocycles. The zero-order chi connectivity index (χ0) is 10.5. The van der Waals surface area contributed by atoms with Crippen LogP contribution in [0.15, 0.2) is 29.2 Å². The fourth-order valence-electron chi connectivity index (χ4n) is 1.42. The molecule has 1 aromatic rings. The summed E-state index contributed by atoms with van der Waals surface area (Å²) >= 11 is 1.72. The van der Waals surface area contributed by atoms with Crippen LogP contribution in [0.5, 0.6) is 0 Å². The Hall–Kier alpha value is -0.910. The Morgan fingerprint density at radius 1 is 1.47 bits per heavy atom. The molecule has 1 saturated carbocycles. The summed E-state index contributed by atoms with van der Waals surface area (Å²) in [5.74, 6) is 3.39. The zero-order valence-electron chi connectivity index (χ0n) is 8.70. The molecule has 1 nitrogen and oxygen atoms in total. The van der Waals surface area contributed by atoms with Crippen LogP contribution in [0.2, 0.25) is 0 Å². The van der Waals surface area contributed by atoms with E-state index in [4.69, 9.17) is 6.42 Å². The summed E-state index contributed by atoms with van der Waals surface area (Å²) in [6.07, 6.45) is 7.92. The molecule has 2 heteroatoms. The van der Waals surface area contributed by atoms with Crippen LogP contribution < -0.4 is 5.32 Å². The molecule has 0 amide bonds. The Morgan fingerprint density at radius 2 is 2.33 bits per heavy atom. The minimum Gasteiger partial charge on any atom is -0.310 e.